The second kappa shape index (κ2) is 2.81. The highest BCUT2D eigenvalue weighted by molar-refractivity contribution is 5.56. The molecule has 0 spiro atoms. The highest BCUT2D eigenvalue weighted by Gasteiger charge is 2.30. The maximum Gasteiger partial charge on any atom is 0.407 e. The van der Waals surface area contributed by atoms with Crippen molar-refractivity contribution in [3.8, 4) is 0 Å². The highest BCUT2D eigenvalue weighted by Crippen LogP contribution is 2.14. The van der Waals surface area contributed by atoms with E-state index in [9.17, 15) is 13.2 Å². The second-order valence-corrected chi connectivity index (χ2v) is 1.95. The van der Waals surface area contributed by atoms with Gasteiger partial charge in [-0.2, -0.15) is 13.2 Å². The Kier molecular flexibility index (Phi) is 2.02. The predicted molar refractivity (Wildman–Crippen MR) is 33.5 cm³/mol. The number of rotatable bonds is 1. The fourth-order valence-electron chi connectivity index (χ4n) is 0.604. The van der Waals surface area contributed by atoms with Crippen LogP contribution in [0, 0.1) is 0 Å². The van der Waals surface area contributed by atoms with Gasteiger partial charge in [0.1, 0.15) is 12.9 Å². The molecule has 0 aromatic heterocycles. The maximum atomic E-state index is 11.7. The average molecular weight is 165 g/mol. The maximum absolute atomic E-state index is 11.7. The minimum atomic E-state index is -4.20. The van der Waals surface area contributed by atoms with E-state index >= 15 is 0 Å². The molecular weight excluding hydrogens is 159 g/mol. The first-order valence-electron chi connectivity index (χ1n) is 2.86. The van der Waals surface area contributed by atoms with Gasteiger partial charge in [0.15, 0.2) is 0 Å². The van der Waals surface area contributed by atoms with Crippen molar-refractivity contribution in [2.24, 2.45) is 4.99 Å². The van der Waals surface area contributed by atoms with Gasteiger partial charge < -0.3 is 5.43 Å². The van der Waals surface area contributed by atoms with Gasteiger partial charge >= 0.3 is 6.18 Å². The Morgan fingerprint density at radius 2 is 2.18 bits per heavy atom. The lowest BCUT2D eigenvalue weighted by atomic mass is 10.6. The van der Waals surface area contributed by atoms with E-state index in [0.717, 1.165) is 11.3 Å². The number of hydrogen-bond acceptors (Lipinski definition) is 3. The summed E-state index contributed by atoms with van der Waals surface area (Å²) in [5.41, 5.74) is 2.36. The number of nitrogens with one attached hydrogen (secondary N) is 1. The Morgan fingerprint density at radius 1 is 1.45 bits per heavy atom. The summed E-state index contributed by atoms with van der Waals surface area (Å²) in [7, 11) is 0. The monoisotopic (exact) mass is 165 g/mol. The van der Waals surface area contributed by atoms with Crippen LogP contribution in [0.5, 0.6) is 0 Å². The number of aliphatic imine (C=N–C) groups is 1. The first-order valence-corrected chi connectivity index (χ1v) is 2.86. The Balaban J connectivity index is 2.39. The van der Waals surface area contributed by atoms with Crippen molar-refractivity contribution in [1.82, 2.24) is 10.4 Å². The van der Waals surface area contributed by atoms with Crippen molar-refractivity contribution in [1.29, 1.82) is 0 Å². The first kappa shape index (κ1) is 7.90. The molecule has 0 aliphatic carbocycles. The summed E-state index contributed by atoms with van der Waals surface area (Å²) < 4.78 is 35.0. The Labute approximate surface area is 61.2 Å². The molecule has 62 valence electrons. The lowest BCUT2D eigenvalue weighted by Gasteiger charge is -2.21. The van der Waals surface area contributed by atoms with Gasteiger partial charge in [0.2, 0.25) is 0 Å². The molecule has 1 aliphatic rings. The van der Waals surface area contributed by atoms with E-state index in [1.54, 1.807) is 0 Å². The van der Waals surface area contributed by atoms with Crippen LogP contribution in [0.15, 0.2) is 17.4 Å². The van der Waals surface area contributed by atoms with E-state index in [4.69, 9.17) is 0 Å². The average Bonchev–Trinajstić information content (AvgIpc) is 1.85. The van der Waals surface area contributed by atoms with Gasteiger partial charge in [0, 0.05) is 12.4 Å². The van der Waals surface area contributed by atoms with Gasteiger partial charge in [-0.1, -0.05) is 0 Å². The number of alkyl halides is 3. The van der Waals surface area contributed by atoms with E-state index in [1.165, 1.54) is 12.4 Å². The molecule has 0 fully saturated rings. The molecule has 11 heavy (non-hydrogen) atoms. The smallest absolute Gasteiger partial charge is 0.303 e. The van der Waals surface area contributed by atoms with Crippen LogP contribution in [0.3, 0.4) is 0 Å². The highest BCUT2D eigenvalue weighted by atomic mass is 19.4. The summed E-state index contributed by atoms with van der Waals surface area (Å²) in [6.45, 7) is -1.04. The van der Waals surface area contributed by atoms with Crippen molar-refractivity contribution in [3.63, 3.8) is 0 Å². The van der Waals surface area contributed by atoms with Crippen LogP contribution >= 0.6 is 0 Å². The molecule has 1 rings (SSSR count). The third-order valence-corrected chi connectivity index (χ3v) is 0.957. The van der Waals surface area contributed by atoms with Gasteiger partial charge in [-0.3, -0.25) is 5.01 Å². The zero-order chi connectivity index (χ0) is 8.32. The van der Waals surface area contributed by atoms with Crippen molar-refractivity contribution in [2.75, 3.05) is 6.54 Å². The van der Waals surface area contributed by atoms with Crippen LogP contribution < -0.4 is 5.43 Å². The number of nitrogens with zero attached hydrogens (tertiary/aromatic N) is 2. The summed E-state index contributed by atoms with van der Waals surface area (Å²) in [6, 6.07) is 0. The lowest BCUT2D eigenvalue weighted by Crippen LogP contribution is -2.41. The van der Waals surface area contributed by atoms with E-state index in [-0.39, 0.29) is 0 Å². The van der Waals surface area contributed by atoms with E-state index in [0.29, 0.717) is 0 Å². The van der Waals surface area contributed by atoms with E-state index < -0.39 is 12.7 Å². The summed E-state index contributed by atoms with van der Waals surface area (Å²) >= 11 is 0. The van der Waals surface area contributed by atoms with Crippen molar-refractivity contribution in [2.45, 2.75) is 6.18 Å². The van der Waals surface area contributed by atoms with Crippen molar-refractivity contribution < 1.29 is 13.2 Å². The number of hydrazine groups is 1. The molecule has 6 heteroatoms. The summed E-state index contributed by atoms with van der Waals surface area (Å²) in [6.07, 6.45) is -0.434. The molecule has 1 aliphatic heterocycles. The molecular formula is C5H6F3N3. The third-order valence-electron chi connectivity index (χ3n) is 0.957. The van der Waals surface area contributed by atoms with Crippen LogP contribution in [0.1, 0.15) is 0 Å². The zero-order valence-corrected chi connectivity index (χ0v) is 5.47. The van der Waals surface area contributed by atoms with Gasteiger partial charge in [0.05, 0.1) is 0 Å². The molecule has 0 atom stereocenters. The first-order chi connectivity index (χ1) is 5.08. The Hall–Kier alpha value is -1.20. The van der Waals surface area contributed by atoms with Crippen LogP contribution in [-0.4, -0.2) is 24.1 Å². The Morgan fingerprint density at radius 3 is 2.64 bits per heavy atom. The second-order valence-electron chi connectivity index (χ2n) is 1.95. The van der Waals surface area contributed by atoms with Crippen LogP contribution in [0.2, 0.25) is 0 Å². The van der Waals surface area contributed by atoms with Crippen LogP contribution in [0.25, 0.3) is 0 Å². The SMILES string of the molecule is FC(F)(F)CN1C=NC=CN1. The van der Waals surface area contributed by atoms with Crippen LogP contribution in [0.4, 0.5) is 13.2 Å². The molecule has 1 N–H and O–H groups in total. The molecule has 0 amide bonds. The quantitative estimate of drug-likeness (QED) is 0.624. The normalized spacial score (nSPS) is 16.8. The molecule has 0 saturated heterocycles. The molecule has 0 aromatic carbocycles. The molecule has 0 bridgehead atoms. The number of hydrogen-bond donors (Lipinski definition) is 1. The van der Waals surface area contributed by atoms with Gasteiger partial charge in [-0.25, -0.2) is 4.99 Å². The predicted octanol–water partition coefficient (Wildman–Crippen LogP) is 0.868. The van der Waals surface area contributed by atoms with Crippen LogP contribution in [-0.2, 0) is 0 Å². The Bertz CT molecular complexity index is 184. The molecule has 0 aromatic rings. The molecule has 0 unspecified atom stereocenters. The largest absolute Gasteiger partial charge is 0.407 e. The molecule has 0 saturated carbocycles. The molecule has 0 radical (unpaired) electrons. The molecule has 3 nitrogen and oxygen atoms in total. The van der Waals surface area contributed by atoms with Crippen molar-refractivity contribution >= 4 is 6.34 Å². The van der Waals surface area contributed by atoms with Gasteiger partial charge in [0.25, 0.3) is 0 Å². The van der Waals surface area contributed by atoms with Gasteiger partial charge in [-0.05, 0) is 0 Å². The van der Waals surface area contributed by atoms with E-state index in [2.05, 4.69) is 10.4 Å². The lowest BCUT2D eigenvalue weighted by molar-refractivity contribution is -0.140. The third kappa shape index (κ3) is 2.92. The summed E-state index contributed by atoms with van der Waals surface area (Å²) in [5.74, 6) is 0. The summed E-state index contributed by atoms with van der Waals surface area (Å²) in [4.78, 5) is 3.50. The van der Waals surface area contributed by atoms with Gasteiger partial charge in [-0.15, -0.1) is 0 Å². The standard InChI is InChI=1S/C5H6F3N3/c6-5(7,8)3-11-4-9-1-2-10-11/h1-2,4,10H,3H2. The minimum Gasteiger partial charge on any atom is -0.303 e. The number of halogens is 3. The zero-order valence-electron chi connectivity index (χ0n) is 5.47. The fraction of sp³-hybridized carbons (Fsp3) is 0.400. The summed E-state index contributed by atoms with van der Waals surface area (Å²) in [5, 5.41) is 0.847. The fourth-order valence-corrected chi connectivity index (χ4v) is 0.604. The van der Waals surface area contributed by atoms with Crippen molar-refractivity contribution in [3.05, 3.63) is 12.4 Å². The minimum absolute atomic E-state index is 0.847. The molecule has 1 heterocycles. The topological polar surface area (TPSA) is 27.6 Å². The van der Waals surface area contributed by atoms with E-state index in [1.807, 2.05) is 0 Å².